The van der Waals surface area contributed by atoms with E-state index in [-0.39, 0.29) is 16.9 Å². The predicted octanol–water partition coefficient (Wildman–Crippen LogP) is 2.20. The third-order valence-electron chi connectivity index (χ3n) is 4.59. The van der Waals surface area contributed by atoms with E-state index < -0.39 is 10.0 Å². The maximum atomic E-state index is 12.4. The van der Waals surface area contributed by atoms with Gasteiger partial charge in [-0.05, 0) is 48.3 Å². The van der Waals surface area contributed by atoms with Gasteiger partial charge in [-0.2, -0.15) is 0 Å². The Labute approximate surface area is 121 Å². The van der Waals surface area contributed by atoms with Crippen LogP contribution in [0.5, 0.6) is 0 Å². The molecule has 0 aliphatic heterocycles. The van der Waals surface area contributed by atoms with Gasteiger partial charge in [-0.15, -0.1) is 0 Å². The lowest BCUT2D eigenvalue weighted by Gasteiger charge is -2.20. The Balaban J connectivity index is 2.19. The highest BCUT2D eigenvalue weighted by molar-refractivity contribution is 7.89. The topological polar surface area (TPSA) is 66.4 Å². The molecule has 4 nitrogen and oxygen atoms in total. The third-order valence-corrected chi connectivity index (χ3v) is 6.13. The fourth-order valence-corrected chi connectivity index (χ4v) is 3.98. The lowest BCUT2D eigenvalue weighted by Crippen LogP contribution is -2.33. The zero-order valence-corrected chi connectivity index (χ0v) is 13.1. The minimum Gasteiger partial charge on any atom is -0.392 e. The zero-order chi connectivity index (χ0) is 15.0. The van der Waals surface area contributed by atoms with E-state index in [1.807, 2.05) is 0 Å². The van der Waals surface area contributed by atoms with Gasteiger partial charge >= 0.3 is 0 Å². The number of sulfonamides is 1. The molecule has 0 spiro atoms. The van der Waals surface area contributed by atoms with E-state index in [9.17, 15) is 13.5 Å². The first-order valence-corrected chi connectivity index (χ1v) is 8.50. The highest BCUT2D eigenvalue weighted by atomic mass is 32.2. The molecule has 0 atom stereocenters. The van der Waals surface area contributed by atoms with Gasteiger partial charge in [-0.25, -0.2) is 13.1 Å². The summed E-state index contributed by atoms with van der Waals surface area (Å²) in [5.41, 5.74) is 1.41. The van der Waals surface area contributed by atoms with Crippen LogP contribution in [0.3, 0.4) is 0 Å². The van der Waals surface area contributed by atoms with Crippen LogP contribution in [0, 0.1) is 18.3 Å². The average Bonchev–Trinajstić information content (AvgIpc) is 3.18. The van der Waals surface area contributed by atoms with Crippen LogP contribution in [0.4, 0.5) is 0 Å². The maximum Gasteiger partial charge on any atom is 0.240 e. The average molecular weight is 297 g/mol. The molecular weight excluding hydrogens is 274 g/mol. The molecule has 0 amide bonds. The molecule has 20 heavy (non-hydrogen) atoms. The Hall–Kier alpha value is -0.910. The zero-order valence-electron chi connectivity index (χ0n) is 12.3. The largest absolute Gasteiger partial charge is 0.392 e. The van der Waals surface area contributed by atoms with Gasteiger partial charge in [0.2, 0.25) is 10.0 Å². The van der Waals surface area contributed by atoms with Crippen LogP contribution in [0.2, 0.25) is 0 Å². The molecule has 0 heterocycles. The number of aliphatic hydroxyl groups excluding tert-OH is 1. The van der Waals surface area contributed by atoms with Gasteiger partial charge in [-0.3, -0.25) is 0 Å². The van der Waals surface area contributed by atoms with E-state index in [1.54, 1.807) is 25.1 Å². The second-order valence-electron chi connectivity index (χ2n) is 6.04. The Kier molecular flexibility index (Phi) is 4.23. The highest BCUT2D eigenvalue weighted by Crippen LogP contribution is 2.51. The first-order valence-electron chi connectivity index (χ1n) is 7.01. The summed E-state index contributed by atoms with van der Waals surface area (Å²) < 4.78 is 27.6. The van der Waals surface area contributed by atoms with Crippen LogP contribution < -0.4 is 4.72 Å². The molecule has 0 saturated heterocycles. The summed E-state index contributed by atoms with van der Waals surface area (Å²) in [7, 11) is -3.51. The monoisotopic (exact) mass is 297 g/mol. The molecule has 1 saturated carbocycles. The van der Waals surface area contributed by atoms with E-state index >= 15 is 0 Å². The lowest BCUT2D eigenvalue weighted by molar-refractivity contribution is 0.280. The lowest BCUT2D eigenvalue weighted by atomic mass is 9.93. The quantitative estimate of drug-likeness (QED) is 0.846. The van der Waals surface area contributed by atoms with Gasteiger partial charge < -0.3 is 5.11 Å². The molecule has 1 aliphatic rings. The Morgan fingerprint density at radius 3 is 2.50 bits per heavy atom. The van der Waals surface area contributed by atoms with Crippen molar-refractivity contribution in [3.05, 3.63) is 29.3 Å². The second kappa shape index (κ2) is 5.47. The molecule has 2 N–H and O–H groups in total. The van der Waals surface area contributed by atoms with Crippen molar-refractivity contribution in [2.24, 2.45) is 11.3 Å². The first-order chi connectivity index (χ1) is 9.32. The van der Waals surface area contributed by atoms with Crippen molar-refractivity contribution in [3.8, 4) is 0 Å². The van der Waals surface area contributed by atoms with E-state index in [1.165, 1.54) is 0 Å². The summed E-state index contributed by atoms with van der Waals surface area (Å²) >= 11 is 0. The van der Waals surface area contributed by atoms with Gasteiger partial charge in [0.05, 0.1) is 11.5 Å². The van der Waals surface area contributed by atoms with E-state index in [2.05, 4.69) is 18.6 Å². The number of aliphatic hydroxyl groups is 1. The molecule has 5 heteroatoms. The maximum absolute atomic E-state index is 12.4. The number of hydrogen-bond donors (Lipinski definition) is 2. The van der Waals surface area contributed by atoms with Crippen LogP contribution in [-0.4, -0.2) is 20.1 Å². The molecule has 0 unspecified atom stereocenters. The van der Waals surface area contributed by atoms with Crippen molar-refractivity contribution in [1.82, 2.24) is 4.72 Å². The van der Waals surface area contributed by atoms with Crippen LogP contribution in [0.15, 0.2) is 23.1 Å². The predicted molar refractivity (Wildman–Crippen MR) is 78.8 cm³/mol. The summed E-state index contributed by atoms with van der Waals surface area (Å²) in [6.07, 6.45) is 2.17. The van der Waals surface area contributed by atoms with Gasteiger partial charge in [0.1, 0.15) is 0 Å². The summed E-state index contributed by atoms with van der Waals surface area (Å²) in [4.78, 5) is 0.267. The third kappa shape index (κ3) is 2.90. The van der Waals surface area contributed by atoms with Crippen LogP contribution >= 0.6 is 0 Å². The summed E-state index contributed by atoms with van der Waals surface area (Å²) in [5, 5.41) is 9.24. The number of benzene rings is 1. The molecule has 1 fully saturated rings. The first kappa shape index (κ1) is 15.5. The summed E-state index contributed by atoms with van der Waals surface area (Å²) in [5.74, 6) is 0.482. The standard InChI is InChI=1S/C15H23NO3S/c1-11(2)15(7-8-15)10-16-20(18,19)14-6-4-5-13(9-17)12(14)3/h4-6,11,16-17H,7-10H2,1-3H3. The Morgan fingerprint density at radius 2 is 2.00 bits per heavy atom. The molecule has 0 radical (unpaired) electrons. The molecule has 1 aromatic carbocycles. The number of hydrogen-bond acceptors (Lipinski definition) is 3. The molecule has 0 aromatic heterocycles. The van der Waals surface area contributed by atoms with E-state index in [4.69, 9.17) is 0 Å². The number of rotatable bonds is 6. The van der Waals surface area contributed by atoms with Crippen molar-refractivity contribution in [1.29, 1.82) is 0 Å². The van der Waals surface area contributed by atoms with E-state index in [0.717, 1.165) is 12.8 Å². The van der Waals surface area contributed by atoms with Crippen molar-refractivity contribution < 1.29 is 13.5 Å². The molecule has 1 aromatic rings. The molecule has 0 bridgehead atoms. The van der Waals surface area contributed by atoms with Gasteiger partial charge in [-0.1, -0.05) is 26.0 Å². The molecule has 2 rings (SSSR count). The summed E-state index contributed by atoms with van der Waals surface area (Å²) in [6.45, 7) is 6.36. The van der Waals surface area contributed by atoms with Crippen molar-refractivity contribution in [2.75, 3.05) is 6.54 Å². The van der Waals surface area contributed by atoms with Crippen LogP contribution in [0.1, 0.15) is 37.8 Å². The molecular formula is C15H23NO3S. The minimum atomic E-state index is -3.51. The highest BCUT2D eigenvalue weighted by Gasteiger charge is 2.45. The smallest absolute Gasteiger partial charge is 0.240 e. The Bertz CT molecular complexity index is 589. The normalized spacial score (nSPS) is 17.4. The molecule has 1 aliphatic carbocycles. The second-order valence-corrected chi connectivity index (χ2v) is 7.78. The van der Waals surface area contributed by atoms with E-state index in [0.29, 0.717) is 23.6 Å². The number of nitrogens with one attached hydrogen (secondary N) is 1. The Morgan fingerprint density at radius 1 is 1.35 bits per heavy atom. The summed E-state index contributed by atoms with van der Waals surface area (Å²) in [6, 6.07) is 5.00. The van der Waals surface area contributed by atoms with Crippen LogP contribution in [0.25, 0.3) is 0 Å². The fraction of sp³-hybridized carbons (Fsp3) is 0.600. The molecule has 112 valence electrons. The van der Waals surface area contributed by atoms with Gasteiger partial charge in [0.15, 0.2) is 0 Å². The van der Waals surface area contributed by atoms with Crippen LogP contribution in [-0.2, 0) is 16.6 Å². The van der Waals surface area contributed by atoms with Crippen molar-refractivity contribution in [2.45, 2.75) is 45.1 Å². The van der Waals surface area contributed by atoms with Gasteiger partial charge in [0, 0.05) is 6.54 Å². The SMILES string of the molecule is Cc1c(CO)cccc1S(=O)(=O)NCC1(C(C)C)CC1. The van der Waals surface area contributed by atoms with Crippen molar-refractivity contribution >= 4 is 10.0 Å². The van der Waals surface area contributed by atoms with Crippen molar-refractivity contribution in [3.63, 3.8) is 0 Å². The van der Waals surface area contributed by atoms with Gasteiger partial charge in [0.25, 0.3) is 0 Å². The minimum absolute atomic E-state index is 0.134. The fourth-order valence-electron chi connectivity index (χ4n) is 2.56.